The molecule has 1 saturated carbocycles. The van der Waals surface area contributed by atoms with E-state index in [1.165, 1.54) is 83.7 Å². The number of allylic oxidation sites excluding steroid dienone is 1. The van der Waals surface area contributed by atoms with Crippen molar-refractivity contribution >= 4 is 0 Å². The number of nitrogens with zero attached hydrogens (tertiary/aromatic N) is 1. The first-order chi connectivity index (χ1) is 9.81. The lowest BCUT2D eigenvalue weighted by atomic mass is 9.81. The molecule has 0 bridgehead atoms. The molecule has 2 rings (SSSR count). The molecule has 1 aliphatic carbocycles. The summed E-state index contributed by atoms with van der Waals surface area (Å²) in [5, 5.41) is 0. The lowest BCUT2D eigenvalue weighted by Gasteiger charge is -2.27. The first-order valence-corrected chi connectivity index (χ1v) is 9.25. The summed E-state index contributed by atoms with van der Waals surface area (Å²) in [4.78, 5) is 2.63. The second-order valence-electron chi connectivity index (χ2n) is 7.05. The van der Waals surface area contributed by atoms with Crippen molar-refractivity contribution in [3.8, 4) is 0 Å². The van der Waals surface area contributed by atoms with Crippen molar-refractivity contribution in [2.24, 2.45) is 11.8 Å². The molecular weight excluding hydrogens is 242 g/mol. The molecule has 1 aliphatic heterocycles. The predicted octanol–water partition coefficient (Wildman–Crippen LogP) is 5.76. The molecule has 1 heteroatoms. The average molecular weight is 277 g/mol. The summed E-state index contributed by atoms with van der Waals surface area (Å²) in [6.45, 7) is 7.39. The van der Waals surface area contributed by atoms with Gasteiger partial charge in [-0.3, -0.25) is 0 Å². The van der Waals surface area contributed by atoms with Crippen LogP contribution in [0, 0.1) is 11.8 Å². The Bertz CT molecular complexity index is 286. The minimum atomic E-state index is 0.949. The molecule has 20 heavy (non-hydrogen) atoms. The van der Waals surface area contributed by atoms with Gasteiger partial charge in [0.1, 0.15) is 0 Å². The SMILES string of the molecule is CCC1=CCCN1CCCC(C)C1CCCCCCC1. The standard InChI is InChI=1S/C19H35N/c1-3-19-14-10-16-20(19)15-9-11-17(2)18-12-7-5-4-6-8-13-18/h14,17-18H,3-13,15-16H2,1-2H3. The van der Waals surface area contributed by atoms with Gasteiger partial charge in [0.25, 0.3) is 0 Å². The highest BCUT2D eigenvalue weighted by molar-refractivity contribution is 5.06. The maximum Gasteiger partial charge on any atom is 0.0210 e. The van der Waals surface area contributed by atoms with Gasteiger partial charge in [0.05, 0.1) is 0 Å². The molecule has 0 N–H and O–H groups in total. The summed E-state index contributed by atoms with van der Waals surface area (Å²) in [6, 6.07) is 0. The highest BCUT2D eigenvalue weighted by atomic mass is 15.1. The summed E-state index contributed by atoms with van der Waals surface area (Å²) in [5.74, 6) is 1.97. The van der Waals surface area contributed by atoms with Crippen molar-refractivity contribution in [2.75, 3.05) is 13.1 Å². The maximum absolute atomic E-state index is 2.63. The minimum absolute atomic E-state index is 0.949. The van der Waals surface area contributed by atoms with Gasteiger partial charge in [-0.2, -0.15) is 0 Å². The van der Waals surface area contributed by atoms with Crippen LogP contribution >= 0.6 is 0 Å². The van der Waals surface area contributed by atoms with Crippen molar-refractivity contribution < 1.29 is 0 Å². The van der Waals surface area contributed by atoms with Crippen LogP contribution in [-0.2, 0) is 0 Å². The molecule has 0 radical (unpaired) electrons. The van der Waals surface area contributed by atoms with Gasteiger partial charge in [-0.05, 0) is 37.5 Å². The molecule has 2 aliphatic rings. The molecule has 0 aromatic rings. The Balaban J connectivity index is 1.66. The third-order valence-electron chi connectivity index (χ3n) is 5.59. The van der Waals surface area contributed by atoms with E-state index in [0.717, 1.165) is 11.8 Å². The van der Waals surface area contributed by atoms with Crippen LogP contribution < -0.4 is 0 Å². The molecule has 1 atom stereocenters. The fourth-order valence-electron chi connectivity index (χ4n) is 4.18. The molecule has 0 amide bonds. The summed E-state index contributed by atoms with van der Waals surface area (Å²) >= 11 is 0. The minimum Gasteiger partial charge on any atom is -0.375 e. The van der Waals surface area contributed by atoms with E-state index < -0.39 is 0 Å². The molecule has 0 aromatic carbocycles. The summed E-state index contributed by atoms with van der Waals surface area (Å²) in [5.41, 5.74) is 1.60. The van der Waals surface area contributed by atoms with Crippen molar-refractivity contribution in [3.05, 3.63) is 11.8 Å². The van der Waals surface area contributed by atoms with Gasteiger partial charge in [0.15, 0.2) is 0 Å². The highest BCUT2D eigenvalue weighted by Crippen LogP contribution is 2.31. The number of hydrogen-bond donors (Lipinski definition) is 0. The van der Waals surface area contributed by atoms with Gasteiger partial charge in [-0.1, -0.05) is 64.9 Å². The van der Waals surface area contributed by atoms with Crippen molar-refractivity contribution in [3.63, 3.8) is 0 Å². The Morgan fingerprint density at radius 2 is 1.85 bits per heavy atom. The van der Waals surface area contributed by atoms with Gasteiger partial charge in [0, 0.05) is 18.8 Å². The van der Waals surface area contributed by atoms with E-state index in [1.807, 2.05) is 0 Å². The van der Waals surface area contributed by atoms with Crippen LogP contribution in [0.3, 0.4) is 0 Å². The normalized spacial score (nSPS) is 23.3. The Labute approximate surface area is 126 Å². The van der Waals surface area contributed by atoms with Gasteiger partial charge >= 0.3 is 0 Å². The lowest BCUT2D eigenvalue weighted by Crippen LogP contribution is -2.22. The average Bonchev–Trinajstić information content (AvgIpc) is 2.85. The zero-order valence-corrected chi connectivity index (χ0v) is 13.9. The Hall–Kier alpha value is -0.460. The lowest BCUT2D eigenvalue weighted by molar-refractivity contribution is 0.253. The van der Waals surface area contributed by atoms with E-state index in [0.29, 0.717) is 0 Å². The molecule has 0 saturated heterocycles. The van der Waals surface area contributed by atoms with Crippen molar-refractivity contribution in [1.82, 2.24) is 4.90 Å². The third kappa shape index (κ3) is 4.82. The van der Waals surface area contributed by atoms with Crippen molar-refractivity contribution in [1.29, 1.82) is 0 Å². The maximum atomic E-state index is 2.63. The van der Waals surface area contributed by atoms with Gasteiger partial charge in [-0.25, -0.2) is 0 Å². The number of hydrogen-bond acceptors (Lipinski definition) is 1. The zero-order valence-electron chi connectivity index (χ0n) is 13.9. The monoisotopic (exact) mass is 277 g/mol. The Kier molecular flexibility index (Phi) is 6.96. The van der Waals surface area contributed by atoms with Crippen molar-refractivity contribution in [2.45, 2.75) is 84.5 Å². The third-order valence-corrected chi connectivity index (χ3v) is 5.59. The van der Waals surface area contributed by atoms with E-state index in [4.69, 9.17) is 0 Å². The predicted molar refractivity (Wildman–Crippen MR) is 88.8 cm³/mol. The van der Waals surface area contributed by atoms with Crippen LogP contribution in [0.15, 0.2) is 11.8 Å². The second-order valence-corrected chi connectivity index (χ2v) is 7.05. The van der Waals surface area contributed by atoms with E-state index in [-0.39, 0.29) is 0 Å². The highest BCUT2D eigenvalue weighted by Gasteiger charge is 2.19. The summed E-state index contributed by atoms with van der Waals surface area (Å²) in [7, 11) is 0. The largest absolute Gasteiger partial charge is 0.375 e. The van der Waals surface area contributed by atoms with Gasteiger partial charge in [-0.15, -0.1) is 0 Å². The van der Waals surface area contributed by atoms with E-state index in [1.54, 1.807) is 5.70 Å². The molecule has 1 fully saturated rings. The Morgan fingerprint density at radius 3 is 2.55 bits per heavy atom. The quantitative estimate of drug-likeness (QED) is 0.596. The molecule has 116 valence electrons. The summed E-state index contributed by atoms with van der Waals surface area (Å²) in [6.07, 6.45) is 18.2. The topological polar surface area (TPSA) is 3.24 Å². The molecule has 1 unspecified atom stereocenters. The van der Waals surface area contributed by atoms with Crippen LogP contribution in [0.5, 0.6) is 0 Å². The molecule has 0 spiro atoms. The zero-order chi connectivity index (χ0) is 14.2. The second kappa shape index (κ2) is 8.74. The first-order valence-electron chi connectivity index (χ1n) is 9.25. The van der Waals surface area contributed by atoms with Crippen LogP contribution in [0.4, 0.5) is 0 Å². The fraction of sp³-hybridized carbons (Fsp3) is 0.895. The Morgan fingerprint density at radius 1 is 1.15 bits per heavy atom. The van der Waals surface area contributed by atoms with Crippen LogP contribution in [0.25, 0.3) is 0 Å². The molecule has 1 heterocycles. The van der Waals surface area contributed by atoms with Gasteiger partial charge in [0.2, 0.25) is 0 Å². The van der Waals surface area contributed by atoms with E-state index in [9.17, 15) is 0 Å². The molecule has 0 aromatic heterocycles. The fourth-order valence-corrected chi connectivity index (χ4v) is 4.18. The van der Waals surface area contributed by atoms with Crippen LogP contribution in [-0.4, -0.2) is 18.0 Å². The van der Waals surface area contributed by atoms with E-state index in [2.05, 4.69) is 24.8 Å². The van der Waals surface area contributed by atoms with Crippen LogP contribution in [0.1, 0.15) is 84.5 Å². The smallest absolute Gasteiger partial charge is 0.0210 e. The summed E-state index contributed by atoms with van der Waals surface area (Å²) < 4.78 is 0. The van der Waals surface area contributed by atoms with Crippen LogP contribution in [0.2, 0.25) is 0 Å². The first kappa shape index (κ1) is 15.9. The molecule has 1 nitrogen and oxygen atoms in total. The van der Waals surface area contributed by atoms with E-state index >= 15 is 0 Å². The number of rotatable bonds is 6. The van der Waals surface area contributed by atoms with Gasteiger partial charge < -0.3 is 4.90 Å². The molecular formula is C19H35N.